The zero-order chi connectivity index (χ0) is 18.5. The van der Waals surface area contributed by atoms with Gasteiger partial charge in [-0.2, -0.15) is 13.2 Å². The first-order valence-electron chi connectivity index (χ1n) is 8.76. The van der Waals surface area contributed by atoms with Crippen molar-refractivity contribution in [3.8, 4) is 0 Å². The molecule has 1 amide bonds. The lowest BCUT2D eigenvalue weighted by Gasteiger charge is -2.38. The largest absolute Gasteiger partial charge is 0.416 e. The zero-order valence-corrected chi connectivity index (χ0v) is 14.9. The summed E-state index contributed by atoms with van der Waals surface area (Å²) in [7, 11) is 0. The van der Waals surface area contributed by atoms with Crippen LogP contribution in [0.2, 0.25) is 0 Å². The average Bonchev–Trinajstić information content (AvgIpc) is 2.80. The Kier molecular flexibility index (Phi) is 4.38. The number of carbonyl (C=O) groups is 1. The molecule has 0 aliphatic carbocycles. The molecule has 2 atom stereocenters. The highest BCUT2D eigenvalue weighted by Gasteiger charge is 2.57. The van der Waals surface area contributed by atoms with Crippen LogP contribution < -0.4 is 5.32 Å². The summed E-state index contributed by atoms with van der Waals surface area (Å²) in [5, 5.41) is 3.25. The van der Waals surface area contributed by atoms with E-state index in [1.165, 1.54) is 6.07 Å². The molecule has 1 aromatic carbocycles. The van der Waals surface area contributed by atoms with Gasteiger partial charge in [0.25, 0.3) is 0 Å². The van der Waals surface area contributed by atoms with E-state index in [1.54, 1.807) is 17.0 Å². The minimum Gasteiger partial charge on any atom is -0.337 e. The maximum atomic E-state index is 13.6. The number of carbonyl (C=O) groups excluding carboxylic acids is 1. The van der Waals surface area contributed by atoms with Crippen molar-refractivity contribution in [1.29, 1.82) is 0 Å². The first kappa shape index (κ1) is 18.2. The van der Waals surface area contributed by atoms with Gasteiger partial charge in [-0.25, -0.2) is 0 Å². The Morgan fingerprint density at radius 3 is 2.44 bits per heavy atom. The fraction of sp³-hybridized carbons (Fsp3) is 0.632. The fourth-order valence-electron chi connectivity index (χ4n) is 4.30. The van der Waals surface area contributed by atoms with Gasteiger partial charge in [0.1, 0.15) is 0 Å². The number of alkyl halides is 3. The molecule has 1 spiro atoms. The van der Waals surface area contributed by atoms with E-state index in [-0.39, 0.29) is 11.5 Å². The van der Waals surface area contributed by atoms with E-state index in [0.29, 0.717) is 19.5 Å². The van der Waals surface area contributed by atoms with Crippen LogP contribution in [0.5, 0.6) is 0 Å². The van der Waals surface area contributed by atoms with Crippen LogP contribution in [-0.4, -0.2) is 36.0 Å². The van der Waals surface area contributed by atoms with Crippen LogP contribution in [0.3, 0.4) is 0 Å². The van der Waals surface area contributed by atoms with Crippen LogP contribution in [0.25, 0.3) is 0 Å². The maximum Gasteiger partial charge on any atom is 0.416 e. The first-order chi connectivity index (χ1) is 11.6. The standard InChI is InChI=1S/C19H25F3N2O/c1-17(2,3)24-11-15(18(16(24)25)9-6-10-23-12-18)13-7-4-5-8-14(13)19(20,21)22/h4-5,7-8,15,23H,6,9-12H2,1-3H3/t15-,18-/m0/s1. The van der Waals surface area contributed by atoms with E-state index in [1.807, 2.05) is 20.8 Å². The molecule has 3 nitrogen and oxygen atoms in total. The van der Waals surface area contributed by atoms with Crippen molar-refractivity contribution in [2.75, 3.05) is 19.6 Å². The lowest BCUT2D eigenvalue weighted by Crippen LogP contribution is -2.51. The summed E-state index contributed by atoms with van der Waals surface area (Å²) < 4.78 is 40.7. The summed E-state index contributed by atoms with van der Waals surface area (Å²) in [6.45, 7) is 7.39. The molecule has 1 aromatic rings. The van der Waals surface area contributed by atoms with Crippen LogP contribution in [0.15, 0.2) is 24.3 Å². The molecule has 3 rings (SSSR count). The van der Waals surface area contributed by atoms with Gasteiger partial charge in [0.05, 0.1) is 11.0 Å². The number of nitrogens with one attached hydrogen (secondary N) is 1. The summed E-state index contributed by atoms with van der Waals surface area (Å²) in [6, 6.07) is 5.72. The molecule has 25 heavy (non-hydrogen) atoms. The Morgan fingerprint density at radius 1 is 1.20 bits per heavy atom. The quantitative estimate of drug-likeness (QED) is 0.832. The van der Waals surface area contributed by atoms with Gasteiger partial charge in [0.2, 0.25) is 5.91 Å². The Labute approximate surface area is 146 Å². The molecule has 6 heteroatoms. The van der Waals surface area contributed by atoms with Crippen LogP contribution in [-0.2, 0) is 11.0 Å². The van der Waals surface area contributed by atoms with Crippen molar-refractivity contribution >= 4 is 5.91 Å². The average molecular weight is 354 g/mol. The first-order valence-corrected chi connectivity index (χ1v) is 8.76. The van der Waals surface area contributed by atoms with E-state index >= 15 is 0 Å². The fourth-order valence-corrected chi connectivity index (χ4v) is 4.30. The van der Waals surface area contributed by atoms with Crippen LogP contribution in [0, 0.1) is 5.41 Å². The highest BCUT2D eigenvalue weighted by Crippen LogP contribution is 2.51. The molecule has 2 heterocycles. The minimum atomic E-state index is -4.42. The topological polar surface area (TPSA) is 32.3 Å². The number of rotatable bonds is 1. The van der Waals surface area contributed by atoms with Crippen molar-refractivity contribution in [2.24, 2.45) is 5.41 Å². The van der Waals surface area contributed by atoms with Crippen molar-refractivity contribution < 1.29 is 18.0 Å². The molecule has 0 aromatic heterocycles. The molecule has 2 fully saturated rings. The van der Waals surface area contributed by atoms with Gasteiger partial charge >= 0.3 is 6.18 Å². The number of amides is 1. The van der Waals surface area contributed by atoms with E-state index < -0.39 is 28.6 Å². The highest BCUT2D eigenvalue weighted by molar-refractivity contribution is 5.88. The Balaban J connectivity index is 2.12. The highest BCUT2D eigenvalue weighted by atomic mass is 19.4. The van der Waals surface area contributed by atoms with Gasteiger partial charge < -0.3 is 10.2 Å². The summed E-state index contributed by atoms with van der Waals surface area (Å²) in [5.41, 5.74) is -1.57. The molecule has 0 radical (unpaired) electrons. The van der Waals surface area contributed by atoms with Crippen molar-refractivity contribution in [2.45, 2.75) is 51.2 Å². The molecular formula is C19H25F3N2O. The molecular weight excluding hydrogens is 329 g/mol. The van der Waals surface area contributed by atoms with Crippen LogP contribution in [0.4, 0.5) is 13.2 Å². The third-order valence-electron chi connectivity index (χ3n) is 5.57. The second-order valence-electron chi connectivity index (χ2n) is 8.16. The van der Waals surface area contributed by atoms with E-state index in [0.717, 1.165) is 19.0 Å². The van der Waals surface area contributed by atoms with Gasteiger partial charge in [-0.3, -0.25) is 4.79 Å². The van der Waals surface area contributed by atoms with Gasteiger partial charge in [-0.05, 0) is 51.8 Å². The molecule has 2 aliphatic heterocycles. The Bertz CT molecular complexity index is 657. The SMILES string of the molecule is CC(C)(C)N1C[C@@H](c2ccccc2C(F)(F)F)[C@@]2(CCCNC2)C1=O. The van der Waals surface area contributed by atoms with E-state index in [9.17, 15) is 18.0 Å². The molecule has 0 bridgehead atoms. The monoisotopic (exact) mass is 354 g/mol. The number of benzene rings is 1. The van der Waals surface area contributed by atoms with Crippen molar-refractivity contribution in [3.05, 3.63) is 35.4 Å². The third kappa shape index (κ3) is 3.05. The van der Waals surface area contributed by atoms with Gasteiger partial charge in [0.15, 0.2) is 0 Å². The second-order valence-corrected chi connectivity index (χ2v) is 8.16. The lowest BCUT2D eigenvalue weighted by atomic mass is 9.68. The summed E-state index contributed by atoms with van der Waals surface area (Å²) in [5.74, 6) is -0.473. The predicted molar refractivity (Wildman–Crippen MR) is 90.2 cm³/mol. The Hall–Kier alpha value is -1.56. The number of piperidine rings is 1. The molecule has 2 saturated heterocycles. The van der Waals surface area contributed by atoms with Crippen LogP contribution in [0.1, 0.15) is 50.7 Å². The normalized spacial score (nSPS) is 28.0. The summed E-state index contributed by atoms with van der Waals surface area (Å²) in [4.78, 5) is 15.0. The number of hydrogen-bond acceptors (Lipinski definition) is 2. The van der Waals surface area contributed by atoms with Gasteiger partial charge in [-0.15, -0.1) is 0 Å². The second kappa shape index (κ2) is 6.01. The number of nitrogens with zero attached hydrogens (tertiary/aromatic N) is 1. The molecule has 0 saturated carbocycles. The number of hydrogen-bond donors (Lipinski definition) is 1. The maximum absolute atomic E-state index is 13.6. The molecule has 138 valence electrons. The van der Waals surface area contributed by atoms with Crippen molar-refractivity contribution in [1.82, 2.24) is 10.2 Å². The van der Waals surface area contributed by atoms with E-state index in [4.69, 9.17) is 0 Å². The van der Waals surface area contributed by atoms with Gasteiger partial charge in [0, 0.05) is 24.5 Å². The third-order valence-corrected chi connectivity index (χ3v) is 5.57. The molecule has 2 aliphatic rings. The zero-order valence-electron chi connectivity index (χ0n) is 14.9. The molecule has 0 unspecified atom stereocenters. The summed E-state index contributed by atoms with van der Waals surface area (Å²) >= 11 is 0. The lowest BCUT2D eigenvalue weighted by molar-refractivity contribution is -0.142. The predicted octanol–water partition coefficient (Wildman–Crippen LogP) is 3.80. The number of likely N-dealkylation sites (tertiary alicyclic amines) is 1. The smallest absolute Gasteiger partial charge is 0.337 e. The minimum absolute atomic E-state index is 0.0193. The van der Waals surface area contributed by atoms with Crippen LogP contribution >= 0.6 is 0 Å². The van der Waals surface area contributed by atoms with Crippen molar-refractivity contribution in [3.63, 3.8) is 0 Å². The van der Waals surface area contributed by atoms with E-state index in [2.05, 4.69) is 5.32 Å². The molecule has 1 N–H and O–H groups in total. The summed E-state index contributed by atoms with van der Waals surface area (Å²) in [6.07, 6.45) is -2.99. The Morgan fingerprint density at radius 2 is 1.88 bits per heavy atom. The number of halogens is 3. The van der Waals surface area contributed by atoms with Gasteiger partial charge in [-0.1, -0.05) is 18.2 Å².